The number of rotatable bonds is 6. The first-order valence-electron chi connectivity index (χ1n) is 8.82. The largest absolute Gasteiger partial charge is 0.325 e. The number of hydrogen-bond acceptors (Lipinski definition) is 4. The molecule has 0 fully saturated rings. The summed E-state index contributed by atoms with van der Waals surface area (Å²) in [4.78, 5) is 12.4. The fourth-order valence-corrected chi connectivity index (χ4v) is 3.63. The van der Waals surface area contributed by atoms with Gasteiger partial charge in [0.05, 0.1) is 5.25 Å². The molecule has 3 rings (SSSR count). The normalized spacial score (nSPS) is 12.0. The van der Waals surface area contributed by atoms with E-state index in [0.717, 1.165) is 29.1 Å². The van der Waals surface area contributed by atoms with Crippen LogP contribution in [0.3, 0.4) is 0 Å². The molecule has 0 aliphatic heterocycles. The second kappa shape index (κ2) is 8.52. The number of carbonyl (C=O) groups excluding carboxylic acids is 1. The summed E-state index contributed by atoms with van der Waals surface area (Å²) in [6.07, 6.45) is 0. The van der Waals surface area contributed by atoms with Crippen molar-refractivity contribution in [2.45, 2.75) is 37.7 Å². The molecule has 2 aromatic carbocycles. The molecule has 0 unspecified atom stereocenters. The molecule has 1 amide bonds. The van der Waals surface area contributed by atoms with E-state index in [2.05, 4.69) is 15.5 Å². The SMILES string of the molecule is CCn1c(S[C@@H](C)C(=O)Nc2ccc(F)c(F)c2)nnc1-c1ccccc1C. The van der Waals surface area contributed by atoms with E-state index in [1.165, 1.54) is 17.8 Å². The molecule has 0 saturated carbocycles. The van der Waals surface area contributed by atoms with E-state index in [4.69, 9.17) is 0 Å². The smallest absolute Gasteiger partial charge is 0.237 e. The molecule has 0 radical (unpaired) electrons. The number of carbonyl (C=O) groups is 1. The van der Waals surface area contributed by atoms with Gasteiger partial charge in [-0.2, -0.15) is 0 Å². The van der Waals surface area contributed by atoms with E-state index >= 15 is 0 Å². The first kappa shape index (κ1) is 20.0. The summed E-state index contributed by atoms with van der Waals surface area (Å²) in [5.41, 5.74) is 2.28. The fourth-order valence-electron chi connectivity index (χ4n) is 2.71. The zero-order valence-corrected chi connectivity index (χ0v) is 16.6. The summed E-state index contributed by atoms with van der Waals surface area (Å²) < 4.78 is 28.3. The maximum atomic E-state index is 13.3. The van der Waals surface area contributed by atoms with Gasteiger partial charge >= 0.3 is 0 Å². The minimum atomic E-state index is -1.01. The molecule has 1 atom stereocenters. The molecule has 0 bridgehead atoms. The summed E-state index contributed by atoms with van der Waals surface area (Å²) in [7, 11) is 0. The number of halogens is 2. The lowest BCUT2D eigenvalue weighted by Crippen LogP contribution is -2.23. The topological polar surface area (TPSA) is 59.8 Å². The fraction of sp³-hybridized carbons (Fsp3) is 0.250. The van der Waals surface area contributed by atoms with Crippen molar-refractivity contribution in [3.05, 3.63) is 59.7 Å². The lowest BCUT2D eigenvalue weighted by atomic mass is 10.1. The highest BCUT2D eigenvalue weighted by atomic mass is 32.2. The molecular weight excluding hydrogens is 382 g/mol. The molecule has 146 valence electrons. The van der Waals surface area contributed by atoms with Gasteiger partial charge in [-0.3, -0.25) is 4.79 Å². The predicted octanol–water partition coefficient (Wildman–Crippen LogP) is 4.67. The standard InChI is InChI=1S/C20H20F2N4OS/c1-4-26-18(15-8-6-5-7-12(15)2)24-25-20(26)28-13(3)19(27)23-14-9-10-16(21)17(22)11-14/h5-11,13H,4H2,1-3H3,(H,23,27)/t13-/m0/s1. The van der Waals surface area contributed by atoms with Crippen LogP contribution in [0.5, 0.6) is 0 Å². The van der Waals surface area contributed by atoms with Crippen molar-refractivity contribution in [3.63, 3.8) is 0 Å². The van der Waals surface area contributed by atoms with Crippen molar-refractivity contribution >= 4 is 23.4 Å². The van der Waals surface area contributed by atoms with Crippen molar-refractivity contribution in [2.75, 3.05) is 5.32 Å². The second-order valence-electron chi connectivity index (χ2n) is 6.24. The van der Waals surface area contributed by atoms with Crippen LogP contribution < -0.4 is 5.32 Å². The van der Waals surface area contributed by atoms with Gasteiger partial charge < -0.3 is 9.88 Å². The van der Waals surface area contributed by atoms with Crippen LogP contribution in [0.15, 0.2) is 47.6 Å². The van der Waals surface area contributed by atoms with E-state index in [0.29, 0.717) is 11.7 Å². The Kier molecular flexibility index (Phi) is 6.08. The van der Waals surface area contributed by atoms with Crippen LogP contribution in [-0.4, -0.2) is 25.9 Å². The predicted molar refractivity (Wildman–Crippen MR) is 106 cm³/mol. The quantitative estimate of drug-likeness (QED) is 0.609. The minimum absolute atomic E-state index is 0.203. The van der Waals surface area contributed by atoms with Gasteiger partial charge in [-0.05, 0) is 38.5 Å². The van der Waals surface area contributed by atoms with Gasteiger partial charge in [-0.1, -0.05) is 36.0 Å². The summed E-state index contributed by atoms with van der Waals surface area (Å²) in [5, 5.41) is 11.3. The van der Waals surface area contributed by atoms with E-state index in [1.807, 2.05) is 42.7 Å². The lowest BCUT2D eigenvalue weighted by molar-refractivity contribution is -0.115. The average Bonchev–Trinajstić information content (AvgIpc) is 3.07. The molecule has 1 N–H and O–H groups in total. The highest BCUT2D eigenvalue weighted by molar-refractivity contribution is 8.00. The first-order valence-corrected chi connectivity index (χ1v) is 9.70. The van der Waals surface area contributed by atoms with Crippen molar-refractivity contribution in [1.82, 2.24) is 14.8 Å². The maximum Gasteiger partial charge on any atom is 0.237 e. The Morgan fingerprint density at radius 1 is 1.18 bits per heavy atom. The number of amides is 1. The highest BCUT2D eigenvalue weighted by Crippen LogP contribution is 2.28. The van der Waals surface area contributed by atoms with E-state index in [9.17, 15) is 13.6 Å². The zero-order chi connectivity index (χ0) is 20.3. The number of anilines is 1. The van der Waals surface area contributed by atoms with Crippen LogP contribution in [-0.2, 0) is 11.3 Å². The number of aryl methyl sites for hydroxylation is 1. The molecule has 5 nitrogen and oxygen atoms in total. The molecule has 1 heterocycles. The van der Waals surface area contributed by atoms with E-state index < -0.39 is 16.9 Å². The minimum Gasteiger partial charge on any atom is -0.325 e. The summed E-state index contributed by atoms with van der Waals surface area (Å²) in [6, 6.07) is 11.2. The zero-order valence-electron chi connectivity index (χ0n) is 15.7. The molecular formula is C20H20F2N4OS. The molecule has 3 aromatic rings. The van der Waals surface area contributed by atoms with Crippen molar-refractivity contribution < 1.29 is 13.6 Å². The van der Waals surface area contributed by atoms with Crippen molar-refractivity contribution in [3.8, 4) is 11.4 Å². The average molecular weight is 402 g/mol. The van der Waals surface area contributed by atoms with Gasteiger partial charge in [0.2, 0.25) is 5.91 Å². The van der Waals surface area contributed by atoms with Gasteiger partial charge in [-0.15, -0.1) is 10.2 Å². The van der Waals surface area contributed by atoms with Crippen LogP contribution in [0.2, 0.25) is 0 Å². The number of nitrogens with one attached hydrogen (secondary N) is 1. The van der Waals surface area contributed by atoms with Crippen LogP contribution >= 0.6 is 11.8 Å². The van der Waals surface area contributed by atoms with Crippen LogP contribution in [0, 0.1) is 18.6 Å². The van der Waals surface area contributed by atoms with E-state index in [1.54, 1.807) is 6.92 Å². The van der Waals surface area contributed by atoms with Crippen LogP contribution in [0.4, 0.5) is 14.5 Å². The molecule has 0 aliphatic rings. The summed E-state index contributed by atoms with van der Waals surface area (Å²) in [6.45, 7) is 6.37. The number of aromatic nitrogens is 3. The molecule has 28 heavy (non-hydrogen) atoms. The Labute approximate surface area is 166 Å². The first-order chi connectivity index (χ1) is 13.4. The summed E-state index contributed by atoms with van der Waals surface area (Å²) in [5.74, 6) is -1.55. The molecule has 0 spiro atoms. The van der Waals surface area contributed by atoms with Crippen LogP contribution in [0.1, 0.15) is 19.4 Å². The Hall–Kier alpha value is -2.74. The molecule has 0 saturated heterocycles. The Bertz CT molecular complexity index is 1010. The summed E-state index contributed by atoms with van der Waals surface area (Å²) >= 11 is 1.26. The Morgan fingerprint density at radius 3 is 2.61 bits per heavy atom. The number of nitrogens with zero attached hydrogens (tertiary/aromatic N) is 3. The Morgan fingerprint density at radius 2 is 1.93 bits per heavy atom. The monoisotopic (exact) mass is 402 g/mol. The van der Waals surface area contributed by atoms with Crippen molar-refractivity contribution in [2.24, 2.45) is 0 Å². The van der Waals surface area contributed by atoms with Gasteiger partial charge in [-0.25, -0.2) is 8.78 Å². The number of benzene rings is 2. The highest BCUT2D eigenvalue weighted by Gasteiger charge is 2.21. The number of hydrogen-bond donors (Lipinski definition) is 1. The second-order valence-corrected chi connectivity index (χ2v) is 7.55. The van der Waals surface area contributed by atoms with Gasteiger partial charge in [0.15, 0.2) is 22.6 Å². The Balaban J connectivity index is 1.76. The third kappa shape index (κ3) is 4.22. The van der Waals surface area contributed by atoms with Gasteiger partial charge in [0.25, 0.3) is 0 Å². The van der Waals surface area contributed by atoms with Gasteiger partial charge in [0.1, 0.15) is 0 Å². The molecule has 0 aliphatic carbocycles. The molecule has 8 heteroatoms. The third-order valence-corrected chi connectivity index (χ3v) is 5.34. The molecule has 1 aromatic heterocycles. The third-order valence-electron chi connectivity index (χ3n) is 4.26. The van der Waals surface area contributed by atoms with E-state index in [-0.39, 0.29) is 11.6 Å². The lowest BCUT2D eigenvalue weighted by Gasteiger charge is -2.13. The maximum absolute atomic E-state index is 13.3. The van der Waals surface area contributed by atoms with Gasteiger partial charge in [0, 0.05) is 23.9 Å². The number of thioether (sulfide) groups is 1. The van der Waals surface area contributed by atoms with Crippen molar-refractivity contribution in [1.29, 1.82) is 0 Å². The van der Waals surface area contributed by atoms with Crippen LogP contribution in [0.25, 0.3) is 11.4 Å².